The van der Waals surface area contributed by atoms with Crippen molar-refractivity contribution >= 4 is 43.5 Å². The Morgan fingerprint density at radius 1 is 0.833 bits per heavy atom. The lowest BCUT2D eigenvalue weighted by atomic mass is 9.93. The summed E-state index contributed by atoms with van der Waals surface area (Å²) in [4.78, 5) is 26.4. The van der Waals surface area contributed by atoms with Gasteiger partial charge in [-0.1, -0.05) is 18.2 Å². The topological polar surface area (TPSA) is 55.7 Å². The molecule has 0 unspecified atom stereocenters. The van der Waals surface area contributed by atoms with E-state index in [1.807, 2.05) is 18.2 Å². The summed E-state index contributed by atoms with van der Waals surface area (Å²) in [7, 11) is 0. The lowest BCUT2D eigenvalue weighted by Crippen LogP contribution is -2.02. The second-order valence-corrected chi connectivity index (χ2v) is 6.67. The molecule has 1 aliphatic rings. The number of nitrogens with zero attached hydrogens (tertiary/aromatic N) is 3. The highest BCUT2D eigenvalue weighted by Gasteiger charge is 2.25. The predicted molar refractivity (Wildman–Crippen MR) is 95.1 cm³/mol. The number of hydrogen-bond acceptors (Lipinski definition) is 4. The van der Waals surface area contributed by atoms with Crippen LogP contribution < -0.4 is 5.56 Å². The van der Waals surface area contributed by atoms with Crippen LogP contribution in [0.3, 0.4) is 0 Å². The predicted octanol–water partition coefficient (Wildman–Crippen LogP) is 3.60. The van der Waals surface area contributed by atoms with E-state index in [0.29, 0.717) is 0 Å². The van der Waals surface area contributed by atoms with Crippen molar-refractivity contribution in [2.24, 2.45) is 0 Å². The minimum atomic E-state index is -0.136. The lowest BCUT2D eigenvalue weighted by Gasteiger charge is -2.09. The van der Waals surface area contributed by atoms with Crippen LogP contribution in [0.4, 0.5) is 0 Å². The molecule has 0 aliphatic heterocycles. The molecule has 0 saturated carbocycles. The fourth-order valence-corrected chi connectivity index (χ4v) is 4.39. The number of hydrogen-bond donors (Lipinski definition) is 0. The summed E-state index contributed by atoms with van der Waals surface area (Å²) in [5.74, 6) is 0. The molecule has 6 rings (SSSR count). The lowest BCUT2D eigenvalue weighted by molar-refractivity contribution is 0.680. The molecule has 3 heterocycles. The second kappa shape index (κ2) is 4.15. The maximum Gasteiger partial charge on any atom is 0.278 e. The molecule has 0 fully saturated rings. The SMILES string of the molecule is O=c1ncc2c1c1c3c(nc1c1nc4ccccc4c21)CCCC3. The zero-order valence-corrected chi connectivity index (χ0v) is 13.0. The third-order valence-corrected chi connectivity index (χ3v) is 5.40. The first kappa shape index (κ1) is 12.5. The molecule has 114 valence electrons. The van der Waals surface area contributed by atoms with E-state index < -0.39 is 0 Å². The smallest absolute Gasteiger partial charge is 0.267 e. The fraction of sp³-hybridized carbons (Fsp3) is 0.200. The molecule has 0 amide bonds. The molecule has 4 nitrogen and oxygen atoms in total. The normalized spacial score (nSPS) is 15.0. The zero-order valence-electron chi connectivity index (χ0n) is 13.0. The van der Waals surface area contributed by atoms with E-state index in [4.69, 9.17) is 9.97 Å². The third-order valence-electron chi connectivity index (χ3n) is 5.40. The summed E-state index contributed by atoms with van der Waals surface area (Å²) >= 11 is 0. The molecule has 0 bridgehead atoms. The van der Waals surface area contributed by atoms with E-state index in [0.717, 1.165) is 68.4 Å². The van der Waals surface area contributed by atoms with E-state index in [-0.39, 0.29) is 5.56 Å². The highest BCUT2D eigenvalue weighted by atomic mass is 16.1. The molecule has 5 aromatic rings. The van der Waals surface area contributed by atoms with Crippen LogP contribution in [-0.2, 0) is 12.8 Å². The van der Waals surface area contributed by atoms with Gasteiger partial charge in [0.1, 0.15) is 0 Å². The van der Waals surface area contributed by atoms with Crippen LogP contribution in [0.1, 0.15) is 24.1 Å². The third kappa shape index (κ3) is 1.35. The molecular weight excluding hydrogens is 298 g/mol. The Balaban J connectivity index is 2.01. The Labute approximate surface area is 136 Å². The summed E-state index contributed by atoms with van der Waals surface area (Å²) in [6, 6.07) is 8.09. The van der Waals surface area contributed by atoms with Crippen molar-refractivity contribution in [3.05, 3.63) is 52.1 Å². The maximum absolute atomic E-state index is 12.5. The number of aromatic nitrogens is 3. The van der Waals surface area contributed by atoms with Crippen molar-refractivity contribution in [3.8, 4) is 0 Å². The summed E-state index contributed by atoms with van der Waals surface area (Å²) in [6.07, 6.45) is 6.04. The first-order valence-corrected chi connectivity index (χ1v) is 8.40. The fourth-order valence-electron chi connectivity index (χ4n) is 4.39. The van der Waals surface area contributed by atoms with Gasteiger partial charge in [-0.25, -0.2) is 9.97 Å². The molecule has 0 radical (unpaired) electrons. The monoisotopic (exact) mass is 311 g/mol. The van der Waals surface area contributed by atoms with Crippen LogP contribution in [0.25, 0.3) is 43.5 Å². The van der Waals surface area contributed by atoms with Gasteiger partial charge in [-0.15, -0.1) is 0 Å². The molecule has 0 atom stereocenters. The first-order valence-electron chi connectivity index (χ1n) is 8.40. The molecular formula is C20H13N3O. The van der Waals surface area contributed by atoms with Gasteiger partial charge >= 0.3 is 0 Å². The van der Waals surface area contributed by atoms with Gasteiger partial charge in [0, 0.05) is 33.4 Å². The van der Waals surface area contributed by atoms with Crippen LogP contribution in [-0.4, -0.2) is 15.0 Å². The average molecular weight is 311 g/mol. The largest absolute Gasteiger partial charge is 0.278 e. The van der Waals surface area contributed by atoms with Crippen molar-refractivity contribution in [3.63, 3.8) is 0 Å². The van der Waals surface area contributed by atoms with Crippen LogP contribution in [0.5, 0.6) is 0 Å². The summed E-state index contributed by atoms with van der Waals surface area (Å²) in [6.45, 7) is 0. The molecule has 1 aliphatic carbocycles. The molecule has 0 spiro atoms. The van der Waals surface area contributed by atoms with E-state index in [9.17, 15) is 4.79 Å². The molecule has 4 heteroatoms. The van der Waals surface area contributed by atoms with Crippen LogP contribution in [0.2, 0.25) is 0 Å². The van der Waals surface area contributed by atoms with Crippen molar-refractivity contribution < 1.29 is 0 Å². The number of para-hydroxylation sites is 1. The first-order chi connectivity index (χ1) is 11.8. The molecule has 0 N–H and O–H groups in total. The van der Waals surface area contributed by atoms with E-state index in [1.54, 1.807) is 6.20 Å². The Hall–Kier alpha value is -2.88. The Morgan fingerprint density at radius 3 is 2.62 bits per heavy atom. The highest BCUT2D eigenvalue weighted by Crippen LogP contribution is 2.41. The van der Waals surface area contributed by atoms with E-state index in [2.05, 4.69) is 11.1 Å². The number of benzene rings is 2. The number of aryl methyl sites for hydroxylation is 2. The summed E-state index contributed by atoms with van der Waals surface area (Å²) in [5.41, 5.74) is 5.03. The molecule has 24 heavy (non-hydrogen) atoms. The van der Waals surface area contributed by atoms with Gasteiger partial charge in [-0.2, -0.15) is 0 Å². The molecule has 0 saturated heterocycles. The van der Waals surface area contributed by atoms with Gasteiger partial charge in [0.2, 0.25) is 0 Å². The maximum atomic E-state index is 12.5. The van der Waals surface area contributed by atoms with E-state index >= 15 is 0 Å². The highest BCUT2D eigenvalue weighted by molar-refractivity contribution is 6.31. The van der Waals surface area contributed by atoms with Crippen molar-refractivity contribution in [2.45, 2.75) is 25.7 Å². The van der Waals surface area contributed by atoms with Gasteiger partial charge in [-0.3, -0.25) is 9.78 Å². The quantitative estimate of drug-likeness (QED) is 0.438. The Morgan fingerprint density at radius 2 is 1.67 bits per heavy atom. The van der Waals surface area contributed by atoms with Crippen LogP contribution in [0.15, 0.2) is 35.3 Å². The summed E-state index contributed by atoms with van der Waals surface area (Å²) < 4.78 is 0. The van der Waals surface area contributed by atoms with Gasteiger partial charge in [0.05, 0.1) is 21.9 Å². The van der Waals surface area contributed by atoms with Gasteiger partial charge < -0.3 is 0 Å². The minimum Gasteiger partial charge on any atom is -0.267 e. The van der Waals surface area contributed by atoms with Crippen molar-refractivity contribution in [1.82, 2.24) is 15.0 Å². The molecule has 2 aromatic carbocycles. The Bertz CT molecular complexity index is 1330. The summed E-state index contributed by atoms with van der Waals surface area (Å²) in [5, 5.41) is 4.78. The van der Waals surface area contributed by atoms with Gasteiger partial charge in [0.15, 0.2) is 0 Å². The number of fused-ring (bicyclic) bond motifs is 10. The van der Waals surface area contributed by atoms with Crippen molar-refractivity contribution in [1.29, 1.82) is 0 Å². The van der Waals surface area contributed by atoms with Crippen molar-refractivity contribution in [2.75, 3.05) is 0 Å². The van der Waals surface area contributed by atoms with Gasteiger partial charge in [-0.05, 0) is 37.3 Å². The van der Waals surface area contributed by atoms with E-state index in [1.165, 1.54) is 12.0 Å². The average Bonchev–Trinajstić information content (AvgIpc) is 3.27. The van der Waals surface area contributed by atoms with Crippen LogP contribution in [0, 0.1) is 0 Å². The second-order valence-electron chi connectivity index (χ2n) is 6.67. The minimum absolute atomic E-state index is 0.136. The number of rotatable bonds is 0. The van der Waals surface area contributed by atoms with Gasteiger partial charge in [0.25, 0.3) is 5.56 Å². The Kier molecular flexibility index (Phi) is 2.16. The standard InChI is InChI=1S/C20H13N3O/c24-20-17-12(9-21-20)15-10-5-1-3-7-13(10)22-18(15)19-16(17)11-6-2-4-8-14(11)23-19/h1,3,5,7,9H,2,4,6,8H2. The molecule has 3 aromatic heterocycles. The van der Waals surface area contributed by atoms with Crippen LogP contribution >= 0.6 is 0 Å². The zero-order chi connectivity index (χ0) is 15.8.